The van der Waals surface area contributed by atoms with Crippen LogP contribution in [-0.4, -0.2) is 47.7 Å². The van der Waals surface area contributed by atoms with Crippen LogP contribution in [0.2, 0.25) is 0 Å². The third-order valence-corrected chi connectivity index (χ3v) is 3.11. The molecular formula is C10H18N4O3. The normalized spacial score (nSPS) is 29.6. The van der Waals surface area contributed by atoms with E-state index in [4.69, 9.17) is 4.74 Å². The summed E-state index contributed by atoms with van der Waals surface area (Å²) in [6.07, 6.45) is 0.981. The summed E-state index contributed by atoms with van der Waals surface area (Å²) in [6.45, 7) is 7.11. The van der Waals surface area contributed by atoms with Crippen molar-refractivity contribution < 1.29 is 9.77 Å². The first-order chi connectivity index (χ1) is 7.96. The minimum atomic E-state index is -0.657. The highest BCUT2D eigenvalue weighted by atomic mass is 16.7. The monoisotopic (exact) mass is 242 g/mol. The van der Waals surface area contributed by atoms with Crippen molar-refractivity contribution in [3.8, 4) is 0 Å². The molecule has 7 nitrogen and oxygen atoms in total. The average molecular weight is 242 g/mol. The number of guanidine groups is 1. The maximum atomic E-state index is 10.4. The van der Waals surface area contributed by atoms with Gasteiger partial charge in [-0.25, -0.2) is 10.1 Å². The van der Waals surface area contributed by atoms with E-state index in [1.165, 1.54) is 0 Å². The standard InChI is InChI=1S/C10H18N4O3/c1-10(2)5-8(7-17-10)6-13-4-3-11-9(13)12-14(15)16/h8H,3-7H2,1-2H3,(H,11,12). The first kappa shape index (κ1) is 12.1. The number of ether oxygens (including phenoxy) is 1. The molecule has 2 fully saturated rings. The molecule has 0 aliphatic carbocycles. The van der Waals surface area contributed by atoms with E-state index in [-0.39, 0.29) is 5.60 Å². The van der Waals surface area contributed by atoms with Gasteiger partial charge in [0.2, 0.25) is 0 Å². The lowest BCUT2D eigenvalue weighted by molar-refractivity contribution is -0.485. The molecule has 0 bridgehead atoms. The van der Waals surface area contributed by atoms with Gasteiger partial charge in [-0.05, 0) is 20.3 Å². The molecule has 7 heteroatoms. The number of hydrogen-bond acceptors (Lipinski definition) is 3. The van der Waals surface area contributed by atoms with Crippen LogP contribution in [0.5, 0.6) is 0 Å². The highest BCUT2D eigenvalue weighted by molar-refractivity contribution is 5.81. The molecule has 2 aliphatic heterocycles. The largest absolute Gasteiger partial charge is 0.375 e. The SMILES string of the molecule is CC1(C)CC(CN2CCNC2=N[N+](=O)[O-])CO1. The van der Waals surface area contributed by atoms with Crippen LogP contribution < -0.4 is 5.32 Å². The van der Waals surface area contributed by atoms with Gasteiger partial charge in [0.1, 0.15) is 5.10 Å². The van der Waals surface area contributed by atoms with Gasteiger partial charge in [-0.1, -0.05) is 0 Å². The number of nitrogens with one attached hydrogen (secondary N) is 1. The maximum Gasteiger partial charge on any atom is 0.271 e. The first-order valence-electron chi connectivity index (χ1n) is 5.82. The number of hydrogen-bond donors (Lipinski definition) is 1. The smallest absolute Gasteiger partial charge is 0.271 e. The second kappa shape index (κ2) is 4.48. The molecule has 1 N–H and O–H groups in total. The van der Waals surface area contributed by atoms with Crippen molar-refractivity contribution in [2.75, 3.05) is 26.2 Å². The summed E-state index contributed by atoms with van der Waals surface area (Å²) in [5.41, 5.74) is -0.0712. The summed E-state index contributed by atoms with van der Waals surface area (Å²) in [7, 11) is 0. The third kappa shape index (κ3) is 3.06. The van der Waals surface area contributed by atoms with Gasteiger partial charge in [0.15, 0.2) is 5.03 Å². The molecule has 0 aromatic heterocycles. The Morgan fingerprint density at radius 2 is 2.47 bits per heavy atom. The molecule has 1 atom stereocenters. The number of nitrogens with zero attached hydrogens (tertiary/aromatic N) is 3. The zero-order valence-electron chi connectivity index (χ0n) is 10.2. The van der Waals surface area contributed by atoms with Crippen molar-refractivity contribution in [1.29, 1.82) is 0 Å². The summed E-state index contributed by atoms with van der Waals surface area (Å²) in [5, 5.41) is 16.0. The van der Waals surface area contributed by atoms with E-state index in [9.17, 15) is 10.1 Å². The van der Waals surface area contributed by atoms with E-state index in [1.807, 2.05) is 4.90 Å². The molecule has 2 saturated heterocycles. The van der Waals surface area contributed by atoms with Gasteiger partial charge in [-0.2, -0.15) is 0 Å². The van der Waals surface area contributed by atoms with Gasteiger partial charge in [-0.3, -0.25) is 0 Å². The second-order valence-corrected chi connectivity index (χ2v) is 5.18. The van der Waals surface area contributed by atoms with Crippen molar-refractivity contribution in [1.82, 2.24) is 10.2 Å². The van der Waals surface area contributed by atoms with Crippen LogP contribution in [0, 0.1) is 16.0 Å². The Balaban J connectivity index is 1.93. The zero-order chi connectivity index (χ0) is 12.5. The van der Waals surface area contributed by atoms with Crippen molar-refractivity contribution in [3.05, 3.63) is 10.1 Å². The number of hydrazone groups is 1. The van der Waals surface area contributed by atoms with Crippen LogP contribution in [-0.2, 0) is 4.74 Å². The number of nitro groups is 1. The van der Waals surface area contributed by atoms with Gasteiger partial charge in [0.25, 0.3) is 5.96 Å². The highest BCUT2D eigenvalue weighted by Gasteiger charge is 2.34. The Morgan fingerprint density at radius 3 is 3.06 bits per heavy atom. The summed E-state index contributed by atoms with van der Waals surface area (Å²) in [6, 6.07) is 0. The van der Waals surface area contributed by atoms with Crippen LogP contribution in [0.4, 0.5) is 0 Å². The Hall–Kier alpha value is -1.37. The molecule has 0 amide bonds. The number of rotatable bonds is 3. The van der Waals surface area contributed by atoms with Gasteiger partial charge in [0, 0.05) is 25.6 Å². The van der Waals surface area contributed by atoms with Crippen LogP contribution in [0.1, 0.15) is 20.3 Å². The third-order valence-electron chi connectivity index (χ3n) is 3.11. The molecule has 2 heterocycles. The molecule has 0 radical (unpaired) electrons. The van der Waals surface area contributed by atoms with E-state index in [2.05, 4.69) is 24.3 Å². The van der Waals surface area contributed by atoms with Crippen LogP contribution >= 0.6 is 0 Å². The molecule has 96 valence electrons. The summed E-state index contributed by atoms with van der Waals surface area (Å²) < 4.78 is 5.66. The van der Waals surface area contributed by atoms with E-state index < -0.39 is 5.03 Å². The molecular weight excluding hydrogens is 224 g/mol. The van der Waals surface area contributed by atoms with E-state index in [1.54, 1.807) is 0 Å². The van der Waals surface area contributed by atoms with E-state index in [0.717, 1.165) is 26.1 Å². The molecule has 2 rings (SSSR count). The lowest BCUT2D eigenvalue weighted by Crippen LogP contribution is -2.35. The molecule has 0 spiro atoms. The lowest BCUT2D eigenvalue weighted by Gasteiger charge is -2.20. The fraction of sp³-hybridized carbons (Fsp3) is 0.900. The van der Waals surface area contributed by atoms with Crippen LogP contribution in [0.3, 0.4) is 0 Å². The van der Waals surface area contributed by atoms with Crippen molar-refractivity contribution in [2.45, 2.75) is 25.9 Å². The summed E-state index contributed by atoms with van der Waals surface area (Å²) in [4.78, 5) is 12.3. The Kier molecular flexibility index (Phi) is 3.19. The molecule has 0 aromatic carbocycles. The first-order valence-corrected chi connectivity index (χ1v) is 5.82. The zero-order valence-corrected chi connectivity index (χ0v) is 10.2. The predicted molar refractivity (Wildman–Crippen MR) is 62.1 cm³/mol. The lowest BCUT2D eigenvalue weighted by atomic mass is 9.97. The quantitative estimate of drug-likeness (QED) is 0.567. The topological polar surface area (TPSA) is 80.0 Å². The van der Waals surface area contributed by atoms with Crippen LogP contribution in [0.25, 0.3) is 0 Å². The fourth-order valence-corrected chi connectivity index (χ4v) is 2.46. The van der Waals surface area contributed by atoms with Gasteiger partial charge in [-0.15, -0.1) is 0 Å². The van der Waals surface area contributed by atoms with Crippen molar-refractivity contribution >= 4 is 5.96 Å². The molecule has 1 unspecified atom stereocenters. The van der Waals surface area contributed by atoms with Gasteiger partial charge < -0.3 is 15.0 Å². The summed E-state index contributed by atoms with van der Waals surface area (Å²) >= 11 is 0. The second-order valence-electron chi connectivity index (χ2n) is 5.18. The Bertz CT molecular complexity index is 342. The van der Waals surface area contributed by atoms with Gasteiger partial charge in [0.05, 0.1) is 12.2 Å². The molecule has 0 aromatic rings. The molecule has 17 heavy (non-hydrogen) atoms. The average Bonchev–Trinajstić information content (AvgIpc) is 2.74. The highest BCUT2D eigenvalue weighted by Crippen LogP contribution is 2.29. The van der Waals surface area contributed by atoms with E-state index in [0.29, 0.717) is 18.4 Å². The molecule has 2 aliphatic rings. The Labute approximate surface area is 100.0 Å². The fourth-order valence-electron chi connectivity index (χ4n) is 2.46. The van der Waals surface area contributed by atoms with E-state index >= 15 is 0 Å². The van der Waals surface area contributed by atoms with Gasteiger partial charge >= 0.3 is 0 Å². The predicted octanol–water partition coefficient (Wildman–Crippen LogP) is 0.254. The minimum absolute atomic E-state index is 0.0712. The van der Waals surface area contributed by atoms with Crippen molar-refractivity contribution in [2.24, 2.45) is 11.0 Å². The maximum absolute atomic E-state index is 10.4. The Morgan fingerprint density at radius 1 is 1.71 bits per heavy atom. The van der Waals surface area contributed by atoms with Crippen LogP contribution in [0.15, 0.2) is 5.10 Å². The van der Waals surface area contributed by atoms with Crippen molar-refractivity contribution in [3.63, 3.8) is 0 Å². The minimum Gasteiger partial charge on any atom is -0.375 e. The molecule has 0 saturated carbocycles. The summed E-state index contributed by atoms with van der Waals surface area (Å²) in [5.74, 6) is 0.793.